The lowest BCUT2D eigenvalue weighted by atomic mass is 10.3. The predicted molar refractivity (Wildman–Crippen MR) is 36.1 cm³/mol. The minimum Gasteiger partial charge on any atom is -0.327 e. The maximum Gasteiger partial charge on any atom is 0.0177 e. The fourth-order valence-corrected chi connectivity index (χ4v) is 0.252. The summed E-state index contributed by atoms with van der Waals surface area (Å²) < 4.78 is 0. The highest BCUT2D eigenvalue weighted by Gasteiger charge is 1.76. The zero-order valence-corrected chi connectivity index (χ0v) is 4.72. The van der Waals surface area contributed by atoms with E-state index in [-0.39, 0.29) is 0 Å². The fourth-order valence-electron chi connectivity index (χ4n) is 0.252. The van der Waals surface area contributed by atoms with Crippen molar-refractivity contribution in [3.63, 3.8) is 0 Å². The minimum atomic E-state index is 0.463. The van der Waals surface area contributed by atoms with Crippen LogP contribution in [0.3, 0.4) is 0 Å². The second-order valence-electron chi connectivity index (χ2n) is 1.39. The zero-order valence-electron chi connectivity index (χ0n) is 4.72. The third-order valence-corrected chi connectivity index (χ3v) is 0.690. The molecule has 8 heavy (non-hydrogen) atoms. The summed E-state index contributed by atoms with van der Waals surface area (Å²) in [4.78, 5) is 0. The van der Waals surface area contributed by atoms with E-state index in [0.717, 1.165) is 5.57 Å². The summed E-state index contributed by atoms with van der Waals surface area (Å²) in [5.74, 6) is 0. The van der Waals surface area contributed by atoms with E-state index < -0.39 is 0 Å². The van der Waals surface area contributed by atoms with E-state index in [1.54, 1.807) is 12.2 Å². The molecule has 0 atom stereocenters. The van der Waals surface area contributed by atoms with E-state index in [2.05, 4.69) is 6.58 Å². The first-order chi connectivity index (χ1) is 3.81. The smallest absolute Gasteiger partial charge is 0.0177 e. The average Bonchev–Trinajstić information content (AvgIpc) is 1.83. The molecular weight excluding hydrogens is 100 g/mol. The Morgan fingerprint density at radius 2 is 2.38 bits per heavy atom. The molecule has 44 valence electrons. The van der Waals surface area contributed by atoms with Crippen LogP contribution >= 0.6 is 0 Å². The summed E-state index contributed by atoms with van der Waals surface area (Å²) in [6, 6.07) is 0. The van der Waals surface area contributed by atoms with Crippen molar-refractivity contribution in [1.82, 2.24) is 0 Å². The Morgan fingerprint density at radius 3 is 2.75 bits per heavy atom. The normalized spacial score (nSPS) is 9.62. The standard InChI is InChI=1S/C6H10N2/c1-6(5-8)3-2-4-7/h2-4,7H,1,5,8H2/b3-2-,7-4?. The Bertz CT molecular complexity index is 114. The number of hydrogen-bond donors (Lipinski definition) is 2. The van der Waals surface area contributed by atoms with Gasteiger partial charge in [0, 0.05) is 12.8 Å². The van der Waals surface area contributed by atoms with Gasteiger partial charge in [0.1, 0.15) is 0 Å². The Labute approximate surface area is 49.2 Å². The highest BCUT2D eigenvalue weighted by Crippen LogP contribution is 1.84. The summed E-state index contributed by atoms with van der Waals surface area (Å²) >= 11 is 0. The van der Waals surface area contributed by atoms with E-state index >= 15 is 0 Å². The van der Waals surface area contributed by atoms with Crippen molar-refractivity contribution in [2.24, 2.45) is 5.73 Å². The third kappa shape index (κ3) is 3.31. The Kier molecular flexibility index (Phi) is 3.80. The molecule has 0 aromatic carbocycles. The van der Waals surface area contributed by atoms with Crippen molar-refractivity contribution in [2.45, 2.75) is 0 Å². The highest BCUT2D eigenvalue weighted by atomic mass is 14.5. The molecule has 0 heterocycles. The zero-order chi connectivity index (χ0) is 6.41. The van der Waals surface area contributed by atoms with Crippen LogP contribution in [0.4, 0.5) is 0 Å². The molecule has 3 N–H and O–H groups in total. The van der Waals surface area contributed by atoms with Crippen LogP contribution in [0.5, 0.6) is 0 Å². The molecule has 0 aromatic heterocycles. The van der Waals surface area contributed by atoms with Crippen LogP contribution in [0.25, 0.3) is 0 Å². The van der Waals surface area contributed by atoms with Gasteiger partial charge < -0.3 is 11.1 Å². The van der Waals surface area contributed by atoms with Gasteiger partial charge in [-0.3, -0.25) is 0 Å². The van der Waals surface area contributed by atoms with E-state index in [4.69, 9.17) is 11.1 Å². The van der Waals surface area contributed by atoms with Crippen LogP contribution in [0.1, 0.15) is 0 Å². The predicted octanol–water partition coefficient (Wildman–Crippen LogP) is 0.707. The molecule has 0 aliphatic heterocycles. The molecule has 0 spiro atoms. The Morgan fingerprint density at radius 1 is 1.75 bits per heavy atom. The monoisotopic (exact) mass is 110 g/mol. The first-order valence-corrected chi connectivity index (χ1v) is 2.36. The number of nitrogens with one attached hydrogen (secondary N) is 1. The quantitative estimate of drug-likeness (QED) is 0.408. The molecule has 2 nitrogen and oxygen atoms in total. The van der Waals surface area contributed by atoms with E-state index in [1.165, 1.54) is 6.21 Å². The van der Waals surface area contributed by atoms with Crippen molar-refractivity contribution >= 4 is 6.21 Å². The number of nitrogens with two attached hydrogens (primary N) is 1. The summed E-state index contributed by atoms with van der Waals surface area (Å²) in [6.07, 6.45) is 4.50. The van der Waals surface area contributed by atoms with Crippen LogP contribution in [-0.2, 0) is 0 Å². The molecule has 0 amide bonds. The topological polar surface area (TPSA) is 49.9 Å². The number of rotatable bonds is 3. The van der Waals surface area contributed by atoms with Gasteiger partial charge in [-0.25, -0.2) is 0 Å². The molecule has 2 heteroatoms. The Balaban J connectivity index is 3.52. The van der Waals surface area contributed by atoms with Crippen LogP contribution in [0.2, 0.25) is 0 Å². The molecule has 0 unspecified atom stereocenters. The molecule has 0 aliphatic rings. The molecule has 0 aliphatic carbocycles. The van der Waals surface area contributed by atoms with Gasteiger partial charge in [-0.05, 0) is 11.6 Å². The van der Waals surface area contributed by atoms with Crippen molar-refractivity contribution in [3.05, 3.63) is 24.3 Å². The summed E-state index contributed by atoms with van der Waals surface area (Å²) in [7, 11) is 0. The van der Waals surface area contributed by atoms with E-state index in [1.807, 2.05) is 0 Å². The van der Waals surface area contributed by atoms with Crippen LogP contribution < -0.4 is 5.73 Å². The van der Waals surface area contributed by atoms with Crippen molar-refractivity contribution in [1.29, 1.82) is 5.41 Å². The van der Waals surface area contributed by atoms with E-state index in [9.17, 15) is 0 Å². The summed E-state index contributed by atoms with van der Waals surface area (Å²) in [5.41, 5.74) is 6.03. The highest BCUT2D eigenvalue weighted by molar-refractivity contribution is 5.68. The third-order valence-electron chi connectivity index (χ3n) is 0.690. The minimum absolute atomic E-state index is 0.463. The van der Waals surface area contributed by atoms with Gasteiger partial charge in [0.05, 0.1) is 0 Å². The first kappa shape index (κ1) is 7.11. The van der Waals surface area contributed by atoms with Crippen LogP contribution in [0.15, 0.2) is 24.3 Å². The molecule has 0 radical (unpaired) electrons. The van der Waals surface area contributed by atoms with E-state index in [0.29, 0.717) is 6.54 Å². The largest absolute Gasteiger partial charge is 0.327 e. The maximum atomic E-state index is 6.58. The summed E-state index contributed by atoms with van der Waals surface area (Å²) in [6.45, 7) is 4.06. The van der Waals surface area contributed by atoms with Crippen molar-refractivity contribution in [3.8, 4) is 0 Å². The molecular formula is C6H10N2. The second kappa shape index (κ2) is 4.27. The van der Waals surface area contributed by atoms with Gasteiger partial charge in [-0.2, -0.15) is 0 Å². The van der Waals surface area contributed by atoms with Gasteiger partial charge in [0.2, 0.25) is 0 Å². The van der Waals surface area contributed by atoms with Gasteiger partial charge in [-0.1, -0.05) is 12.7 Å². The van der Waals surface area contributed by atoms with Crippen molar-refractivity contribution in [2.75, 3.05) is 6.54 Å². The van der Waals surface area contributed by atoms with Gasteiger partial charge in [0.15, 0.2) is 0 Å². The second-order valence-corrected chi connectivity index (χ2v) is 1.39. The van der Waals surface area contributed by atoms with Gasteiger partial charge in [-0.15, -0.1) is 0 Å². The molecule has 0 saturated carbocycles. The maximum absolute atomic E-state index is 6.58. The average molecular weight is 110 g/mol. The molecule has 0 rings (SSSR count). The van der Waals surface area contributed by atoms with Crippen molar-refractivity contribution < 1.29 is 0 Å². The molecule has 0 saturated heterocycles. The Hall–Kier alpha value is -0.890. The molecule has 0 fully saturated rings. The van der Waals surface area contributed by atoms with Gasteiger partial charge in [0.25, 0.3) is 0 Å². The summed E-state index contributed by atoms with van der Waals surface area (Å²) in [5, 5.41) is 6.58. The molecule has 0 bridgehead atoms. The van der Waals surface area contributed by atoms with Crippen LogP contribution in [0, 0.1) is 5.41 Å². The lowest BCUT2D eigenvalue weighted by molar-refractivity contribution is 1.20. The number of hydrogen-bond acceptors (Lipinski definition) is 2. The fraction of sp³-hybridized carbons (Fsp3) is 0.167. The molecule has 0 aromatic rings. The SMILES string of the molecule is C=C(/C=C\C=N)CN. The van der Waals surface area contributed by atoms with Gasteiger partial charge >= 0.3 is 0 Å². The lowest BCUT2D eigenvalue weighted by Gasteiger charge is -1.86. The van der Waals surface area contributed by atoms with Crippen LogP contribution in [-0.4, -0.2) is 12.8 Å². The lowest BCUT2D eigenvalue weighted by Crippen LogP contribution is -1.98. The number of allylic oxidation sites excluding steroid dienone is 1. The first-order valence-electron chi connectivity index (χ1n) is 2.36.